The second-order valence-electron chi connectivity index (χ2n) is 5.16. The molecule has 3 rings (SSSR count). The van der Waals surface area contributed by atoms with Gasteiger partial charge >= 0.3 is 0 Å². The number of aromatic nitrogens is 1. The van der Waals surface area contributed by atoms with Crippen molar-refractivity contribution in [3.8, 4) is 11.8 Å². The maximum Gasteiger partial charge on any atom is 0.236 e. The molecule has 1 aliphatic heterocycles. The van der Waals surface area contributed by atoms with E-state index in [2.05, 4.69) is 10.3 Å². The minimum absolute atomic E-state index is 0.122. The Kier molecular flexibility index (Phi) is 5.01. The van der Waals surface area contributed by atoms with Gasteiger partial charge < -0.3 is 19.2 Å². The van der Waals surface area contributed by atoms with Crippen molar-refractivity contribution < 1.29 is 13.9 Å². The van der Waals surface area contributed by atoms with Crippen molar-refractivity contribution in [1.82, 2.24) is 4.98 Å². The Balaban J connectivity index is 1.60. The number of nitrogens with zero attached hydrogens (tertiary/aromatic N) is 2. The summed E-state index contributed by atoms with van der Waals surface area (Å²) in [6.45, 7) is 1.50. The molecule has 1 atom stereocenters. The van der Waals surface area contributed by atoms with E-state index >= 15 is 0 Å². The summed E-state index contributed by atoms with van der Waals surface area (Å²) in [5.74, 6) is 1.30. The molecule has 7 heteroatoms. The highest BCUT2D eigenvalue weighted by Crippen LogP contribution is 2.21. The van der Waals surface area contributed by atoms with Gasteiger partial charge in [-0.15, -0.1) is 0 Å². The van der Waals surface area contributed by atoms with Gasteiger partial charge in [-0.3, -0.25) is 0 Å². The summed E-state index contributed by atoms with van der Waals surface area (Å²) in [4.78, 5) is 4.12. The lowest BCUT2D eigenvalue weighted by Crippen LogP contribution is -2.18. The lowest BCUT2D eigenvalue weighted by atomic mass is 10.2. The van der Waals surface area contributed by atoms with Crippen LogP contribution in [0.1, 0.15) is 24.4 Å². The van der Waals surface area contributed by atoms with Crippen LogP contribution >= 0.6 is 11.6 Å². The van der Waals surface area contributed by atoms with Crippen molar-refractivity contribution in [2.24, 2.45) is 0 Å². The second-order valence-corrected chi connectivity index (χ2v) is 5.60. The molecule has 23 heavy (non-hydrogen) atoms. The third-order valence-electron chi connectivity index (χ3n) is 3.45. The Hall–Kier alpha value is -2.23. The number of hydrogen-bond acceptors (Lipinski definition) is 6. The third kappa shape index (κ3) is 4.15. The normalized spacial score (nSPS) is 17.0. The van der Waals surface area contributed by atoms with Crippen molar-refractivity contribution in [2.45, 2.75) is 25.6 Å². The Bertz CT molecular complexity index is 705. The summed E-state index contributed by atoms with van der Waals surface area (Å²) in [6, 6.07) is 9.06. The first kappa shape index (κ1) is 15.7. The Morgan fingerprint density at radius 1 is 1.48 bits per heavy atom. The monoisotopic (exact) mass is 333 g/mol. The summed E-state index contributed by atoms with van der Waals surface area (Å²) in [5, 5.41) is 12.8. The molecule has 2 heterocycles. The van der Waals surface area contributed by atoms with Crippen molar-refractivity contribution in [1.29, 1.82) is 5.26 Å². The van der Waals surface area contributed by atoms with Crippen molar-refractivity contribution >= 4 is 17.5 Å². The number of rotatable bonds is 6. The standard InChI is InChI=1S/C16H16ClN3O3/c17-11-3-1-4-12(7-11)22-10-15-20-14(8-18)16(23-15)19-9-13-5-2-6-21-13/h1,3-4,7,13,19H,2,5-6,9-10H2/t13-/m1/s1. The maximum atomic E-state index is 9.14. The molecule has 1 aliphatic rings. The molecule has 0 bridgehead atoms. The summed E-state index contributed by atoms with van der Waals surface area (Å²) >= 11 is 5.90. The zero-order valence-electron chi connectivity index (χ0n) is 12.4. The summed E-state index contributed by atoms with van der Waals surface area (Å²) in [7, 11) is 0. The van der Waals surface area contributed by atoms with Crippen LogP contribution in [-0.4, -0.2) is 24.2 Å². The van der Waals surface area contributed by atoms with Crippen molar-refractivity contribution in [3.63, 3.8) is 0 Å². The molecule has 1 N–H and O–H groups in total. The van der Waals surface area contributed by atoms with E-state index in [0.29, 0.717) is 29.1 Å². The zero-order chi connectivity index (χ0) is 16.1. The van der Waals surface area contributed by atoms with Gasteiger partial charge in [0.05, 0.1) is 6.10 Å². The fraction of sp³-hybridized carbons (Fsp3) is 0.375. The van der Waals surface area contributed by atoms with Gasteiger partial charge in [0.2, 0.25) is 17.5 Å². The number of oxazole rings is 1. The van der Waals surface area contributed by atoms with Gasteiger partial charge in [0, 0.05) is 18.2 Å². The number of nitrogens with one attached hydrogen (secondary N) is 1. The molecule has 0 spiro atoms. The maximum absolute atomic E-state index is 9.14. The van der Waals surface area contributed by atoms with Gasteiger partial charge in [-0.1, -0.05) is 17.7 Å². The molecule has 1 aromatic carbocycles. The fourth-order valence-corrected chi connectivity index (χ4v) is 2.52. The molecule has 1 fully saturated rings. The zero-order valence-corrected chi connectivity index (χ0v) is 13.2. The predicted octanol–water partition coefficient (Wildman–Crippen LogP) is 3.37. The number of hydrogen-bond donors (Lipinski definition) is 1. The van der Waals surface area contributed by atoms with E-state index in [1.54, 1.807) is 24.3 Å². The number of nitriles is 1. The van der Waals surface area contributed by atoms with Gasteiger partial charge in [-0.25, -0.2) is 0 Å². The first-order valence-electron chi connectivity index (χ1n) is 7.38. The van der Waals surface area contributed by atoms with E-state index in [0.717, 1.165) is 19.4 Å². The van der Waals surface area contributed by atoms with E-state index in [4.69, 9.17) is 30.8 Å². The molecule has 0 saturated carbocycles. The predicted molar refractivity (Wildman–Crippen MR) is 84.5 cm³/mol. The molecule has 6 nitrogen and oxygen atoms in total. The van der Waals surface area contributed by atoms with E-state index in [1.807, 2.05) is 6.07 Å². The molecule has 1 saturated heterocycles. The van der Waals surface area contributed by atoms with Crippen LogP contribution in [0, 0.1) is 11.3 Å². The SMILES string of the molecule is N#Cc1nc(COc2cccc(Cl)c2)oc1NC[C@H]1CCCO1. The van der Waals surface area contributed by atoms with Crippen LogP contribution < -0.4 is 10.1 Å². The molecule has 2 aromatic rings. The fourth-order valence-electron chi connectivity index (χ4n) is 2.34. The minimum atomic E-state index is 0.122. The van der Waals surface area contributed by atoms with Gasteiger partial charge in [0.15, 0.2) is 6.61 Å². The summed E-state index contributed by atoms with van der Waals surface area (Å²) < 4.78 is 16.6. The van der Waals surface area contributed by atoms with E-state index < -0.39 is 0 Å². The lowest BCUT2D eigenvalue weighted by Gasteiger charge is -2.09. The van der Waals surface area contributed by atoms with Gasteiger partial charge in [0.1, 0.15) is 11.8 Å². The lowest BCUT2D eigenvalue weighted by molar-refractivity contribution is 0.120. The average Bonchev–Trinajstić information content (AvgIpc) is 3.20. The van der Waals surface area contributed by atoms with Crippen LogP contribution in [-0.2, 0) is 11.3 Å². The molecule has 0 aliphatic carbocycles. The summed E-state index contributed by atoms with van der Waals surface area (Å²) in [5.41, 5.74) is 0.215. The molecule has 0 radical (unpaired) electrons. The third-order valence-corrected chi connectivity index (χ3v) is 3.69. The Morgan fingerprint density at radius 3 is 3.13 bits per heavy atom. The number of halogens is 1. The van der Waals surface area contributed by atoms with E-state index in [9.17, 15) is 0 Å². The Labute approximate surface area is 139 Å². The number of benzene rings is 1. The van der Waals surface area contributed by atoms with Crippen molar-refractivity contribution in [2.75, 3.05) is 18.5 Å². The minimum Gasteiger partial charge on any atom is -0.484 e. The van der Waals surface area contributed by atoms with Gasteiger partial charge in [-0.05, 0) is 31.0 Å². The molecular weight excluding hydrogens is 318 g/mol. The van der Waals surface area contributed by atoms with E-state index in [1.165, 1.54) is 0 Å². The number of ether oxygens (including phenoxy) is 2. The molecule has 1 aromatic heterocycles. The Morgan fingerprint density at radius 2 is 2.39 bits per heavy atom. The van der Waals surface area contributed by atoms with Crippen LogP contribution in [0.25, 0.3) is 0 Å². The molecule has 0 amide bonds. The highest BCUT2D eigenvalue weighted by atomic mass is 35.5. The van der Waals surface area contributed by atoms with Crippen LogP contribution in [0.3, 0.4) is 0 Å². The largest absolute Gasteiger partial charge is 0.484 e. The molecular formula is C16H16ClN3O3. The highest BCUT2D eigenvalue weighted by molar-refractivity contribution is 6.30. The summed E-state index contributed by atoms with van der Waals surface area (Å²) in [6.07, 6.45) is 2.22. The first-order valence-corrected chi connectivity index (χ1v) is 7.76. The quantitative estimate of drug-likeness (QED) is 0.873. The molecule has 120 valence electrons. The van der Waals surface area contributed by atoms with E-state index in [-0.39, 0.29) is 18.4 Å². The van der Waals surface area contributed by atoms with Crippen LogP contribution in [0.4, 0.5) is 5.88 Å². The average molecular weight is 334 g/mol. The van der Waals surface area contributed by atoms with Crippen molar-refractivity contribution in [3.05, 3.63) is 40.9 Å². The van der Waals surface area contributed by atoms with Crippen LogP contribution in [0.2, 0.25) is 5.02 Å². The van der Waals surface area contributed by atoms with Crippen LogP contribution in [0.5, 0.6) is 5.75 Å². The van der Waals surface area contributed by atoms with Gasteiger partial charge in [0.25, 0.3) is 0 Å². The smallest absolute Gasteiger partial charge is 0.236 e. The van der Waals surface area contributed by atoms with Gasteiger partial charge in [-0.2, -0.15) is 10.2 Å². The highest BCUT2D eigenvalue weighted by Gasteiger charge is 2.18. The molecule has 0 unspecified atom stereocenters. The first-order chi connectivity index (χ1) is 11.2. The topological polar surface area (TPSA) is 80.3 Å². The van der Waals surface area contributed by atoms with Crippen LogP contribution in [0.15, 0.2) is 28.7 Å². The number of anilines is 1. The second kappa shape index (κ2) is 7.36.